The molecular weight excluding hydrogens is 316 g/mol. The Bertz CT molecular complexity index is 652. The van der Waals surface area contributed by atoms with Crippen LogP contribution in [-0.4, -0.2) is 43.0 Å². The van der Waals surface area contributed by atoms with Gasteiger partial charge in [-0.25, -0.2) is 0 Å². The van der Waals surface area contributed by atoms with Gasteiger partial charge in [-0.15, -0.1) is 0 Å². The molecule has 0 aromatic heterocycles. The van der Waals surface area contributed by atoms with E-state index in [1.807, 2.05) is 49.9 Å². The highest BCUT2D eigenvalue weighted by Gasteiger charge is 2.24. The third-order valence-electron chi connectivity index (χ3n) is 4.48. The average Bonchev–Trinajstić information content (AvgIpc) is 2.61. The number of likely N-dealkylation sites (tertiary alicyclic amines) is 1. The second-order valence-electron chi connectivity index (χ2n) is 6.81. The Morgan fingerprint density at radius 1 is 1.32 bits per heavy atom. The van der Waals surface area contributed by atoms with Gasteiger partial charge in [0.25, 0.3) is 0 Å². The first-order valence-corrected chi connectivity index (χ1v) is 8.83. The summed E-state index contributed by atoms with van der Waals surface area (Å²) >= 11 is 0. The molecule has 1 aliphatic heterocycles. The maximum atomic E-state index is 12.6. The summed E-state index contributed by atoms with van der Waals surface area (Å²) < 4.78 is 5.36. The van der Waals surface area contributed by atoms with Crippen LogP contribution >= 0.6 is 0 Å². The third kappa shape index (κ3) is 5.08. The van der Waals surface area contributed by atoms with Crippen LogP contribution in [0, 0.1) is 5.92 Å². The molecular formula is C20H28N2O3. The van der Waals surface area contributed by atoms with E-state index in [0.29, 0.717) is 6.54 Å². The Labute approximate surface area is 150 Å². The average molecular weight is 344 g/mol. The first-order valence-electron chi connectivity index (χ1n) is 8.83. The number of rotatable bonds is 5. The van der Waals surface area contributed by atoms with Crippen molar-refractivity contribution < 1.29 is 14.3 Å². The third-order valence-corrected chi connectivity index (χ3v) is 4.48. The van der Waals surface area contributed by atoms with Gasteiger partial charge in [0.05, 0.1) is 7.11 Å². The first-order chi connectivity index (χ1) is 11.9. The number of amides is 2. The van der Waals surface area contributed by atoms with Gasteiger partial charge in [0.2, 0.25) is 11.8 Å². The lowest BCUT2D eigenvalue weighted by Crippen LogP contribution is -2.50. The maximum absolute atomic E-state index is 12.6. The lowest BCUT2D eigenvalue weighted by Gasteiger charge is -2.33. The molecule has 2 rings (SSSR count). The van der Waals surface area contributed by atoms with E-state index >= 15 is 0 Å². The van der Waals surface area contributed by atoms with Crippen molar-refractivity contribution in [3.05, 3.63) is 35.9 Å². The zero-order valence-electron chi connectivity index (χ0n) is 15.5. The Morgan fingerprint density at radius 2 is 2.04 bits per heavy atom. The molecule has 1 aromatic carbocycles. The molecule has 1 atom stereocenters. The van der Waals surface area contributed by atoms with Crippen molar-refractivity contribution in [2.45, 2.75) is 39.7 Å². The van der Waals surface area contributed by atoms with Crippen molar-refractivity contribution in [3.63, 3.8) is 0 Å². The number of nitrogens with zero attached hydrogens (tertiary/aromatic N) is 1. The molecule has 0 aliphatic carbocycles. The minimum atomic E-state index is -0.0428. The number of allylic oxidation sites excluding steroid dienone is 1. The number of para-hydroxylation sites is 1. The van der Waals surface area contributed by atoms with Crippen molar-refractivity contribution >= 4 is 17.4 Å². The number of benzene rings is 1. The highest BCUT2D eigenvalue weighted by Crippen LogP contribution is 2.25. The molecule has 0 spiro atoms. The van der Waals surface area contributed by atoms with E-state index in [2.05, 4.69) is 5.32 Å². The highest BCUT2D eigenvalue weighted by atomic mass is 16.5. The predicted molar refractivity (Wildman–Crippen MR) is 99.2 cm³/mol. The lowest BCUT2D eigenvalue weighted by atomic mass is 10.0. The Morgan fingerprint density at radius 3 is 2.72 bits per heavy atom. The normalized spacial score (nSPS) is 18.2. The zero-order chi connectivity index (χ0) is 18.4. The van der Waals surface area contributed by atoms with Gasteiger partial charge in [0.1, 0.15) is 5.75 Å². The summed E-state index contributed by atoms with van der Waals surface area (Å²) in [6.07, 6.45) is 3.47. The van der Waals surface area contributed by atoms with E-state index in [1.165, 1.54) is 0 Å². The number of nitrogens with one attached hydrogen (secondary N) is 1. The van der Waals surface area contributed by atoms with Crippen molar-refractivity contribution in [2.75, 3.05) is 20.2 Å². The zero-order valence-corrected chi connectivity index (χ0v) is 15.5. The Balaban J connectivity index is 2.05. The second kappa shape index (κ2) is 8.70. The van der Waals surface area contributed by atoms with E-state index in [4.69, 9.17) is 4.74 Å². The molecule has 2 amide bonds. The molecule has 1 aliphatic rings. The largest absolute Gasteiger partial charge is 0.496 e. The van der Waals surface area contributed by atoms with Gasteiger partial charge in [-0.1, -0.05) is 32.0 Å². The van der Waals surface area contributed by atoms with Crippen LogP contribution in [0.25, 0.3) is 5.57 Å². The number of carbonyl (C=O) groups excluding carboxylic acids is 2. The summed E-state index contributed by atoms with van der Waals surface area (Å²) in [4.78, 5) is 26.3. The topological polar surface area (TPSA) is 58.6 Å². The maximum Gasteiger partial charge on any atom is 0.246 e. The minimum absolute atomic E-state index is 0.0214. The molecule has 1 fully saturated rings. The van der Waals surface area contributed by atoms with Gasteiger partial charge in [0.15, 0.2) is 0 Å². The van der Waals surface area contributed by atoms with Gasteiger partial charge < -0.3 is 15.0 Å². The number of hydrogen-bond acceptors (Lipinski definition) is 3. The predicted octanol–water partition coefficient (Wildman–Crippen LogP) is 2.86. The second-order valence-corrected chi connectivity index (χ2v) is 6.81. The Hall–Kier alpha value is -2.30. The van der Waals surface area contributed by atoms with Gasteiger partial charge in [-0.05, 0) is 31.4 Å². The van der Waals surface area contributed by atoms with Gasteiger partial charge in [-0.2, -0.15) is 0 Å². The van der Waals surface area contributed by atoms with E-state index in [0.717, 1.165) is 36.3 Å². The molecule has 1 heterocycles. The molecule has 0 unspecified atom stereocenters. The summed E-state index contributed by atoms with van der Waals surface area (Å²) in [6, 6.07) is 7.70. The van der Waals surface area contributed by atoms with Gasteiger partial charge in [0, 0.05) is 36.7 Å². The summed E-state index contributed by atoms with van der Waals surface area (Å²) in [7, 11) is 1.63. The van der Waals surface area contributed by atoms with Crippen molar-refractivity contribution in [1.29, 1.82) is 0 Å². The SMILES string of the molecule is COc1ccccc1/C(C)=C/C(=O)N1CCC[C@H](NC(=O)C(C)C)C1. The fourth-order valence-electron chi connectivity index (χ4n) is 2.99. The van der Waals surface area contributed by atoms with Crippen LogP contribution < -0.4 is 10.1 Å². The van der Waals surface area contributed by atoms with Crippen LogP contribution in [0.3, 0.4) is 0 Å². The summed E-state index contributed by atoms with van der Waals surface area (Å²) in [6.45, 7) is 6.95. The van der Waals surface area contributed by atoms with E-state index in [9.17, 15) is 9.59 Å². The highest BCUT2D eigenvalue weighted by molar-refractivity contribution is 5.95. The number of methoxy groups -OCH3 is 1. The van der Waals surface area contributed by atoms with Crippen LogP contribution in [-0.2, 0) is 9.59 Å². The molecule has 1 N–H and O–H groups in total. The number of carbonyl (C=O) groups is 2. The van der Waals surface area contributed by atoms with Crippen molar-refractivity contribution in [1.82, 2.24) is 10.2 Å². The van der Waals surface area contributed by atoms with Crippen LogP contribution in [0.2, 0.25) is 0 Å². The van der Waals surface area contributed by atoms with Gasteiger partial charge in [-0.3, -0.25) is 9.59 Å². The summed E-state index contributed by atoms with van der Waals surface area (Å²) in [5.74, 6) is 0.732. The van der Waals surface area contributed by atoms with Crippen LogP contribution in [0.5, 0.6) is 5.75 Å². The lowest BCUT2D eigenvalue weighted by molar-refractivity contribution is -0.130. The smallest absolute Gasteiger partial charge is 0.246 e. The van der Waals surface area contributed by atoms with Crippen LogP contribution in [0.15, 0.2) is 30.3 Å². The van der Waals surface area contributed by atoms with E-state index < -0.39 is 0 Å². The molecule has 1 saturated heterocycles. The summed E-state index contributed by atoms with van der Waals surface area (Å²) in [5, 5.41) is 3.03. The molecule has 1 aromatic rings. The van der Waals surface area contributed by atoms with Crippen LogP contribution in [0.4, 0.5) is 0 Å². The monoisotopic (exact) mass is 344 g/mol. The quantitative estimate of drug-likeness (QED) is 0.836. The fourth-order valence-corrected chi connectivity index (χ4v) is 2.99. The molecule has 136 valence electrons. The minimum Gasteiger partial charge on any atom is -0.496 e. The standard InChI is InChI=1S/C20H28N2O3/c1-14(2)20(24)21-16-8-7-11-22(13-16)19(23)12-15(3)17-9-5-6-10-18(17)25-4/h5-6,9-10,12,14,16H,7-8,11,13H2,1-4H3,(H,21,24)/b15-12+/t16-/m0/s1. The van der Waals surface area contributed by atoms with E-state index in [1.54, 1.807) is 13.2 Å². The van der Waals surface area contributed by atoms with E-state index in [-0.39, 0.29) is 23.8 Å². The molecule has 5 heteroatoms. The summed E-state index contributed by atoms with van der Waals surface area (Å²) in [5.41, 5.74) is 1.79. The van der Waals surface area contributed by atoms with Gasteiger partial charge >= 0.3 is 0 Å². The number of hydrogen-bond donors (Lipinski definition) is 1. The Kier molecular flexibility index (Phi) is 6.62. The van der Waals surface area contributed by atoms with Crippen LogP contribution in [0.1, 0.15) is 39.2 Å². The first kappa shape index (κ1) is 19.0. The van der Waals surface area contributed by atoms with Crippen molar-refractivity contribution in [3.8, 4) is 5.75 Å². The number of ether oxygens (including phenoxy) is 1. The molecule has 0 saturated carbocycles. The number of piperidine rings is 1. The molecule has 25 heavy (non-hydrogen) atoms. The molecule has 0 radical (unpaired) electrons. The molecule has 5 nitrogen and oxygen atoms in total. The fraction of sp³-hybridized carbons (Fsp3) is 0.500. The molecule has 0 bridgehead atoms. The van der Waals surface area contributed by atoms with Crippen molar-refractivity contribution in [2.24, 2.45) is 5.92 Å².